The molecule has 0 bridgehead atoms. The number of hydrogen-bond acceptors (Lipinski definition) is 3. The lowest BCUT2D eigenvalue weighted by Gasteiger charge is -2.24. The highest BCUT2D eigenvalue weighted by Gasteiger charge is 2.24. The molecule has 0 spiro atoms. The lowest BCUT2D eigenvalue weighted by Crippen LogP contribution is -2.35. The number of likely N-dealkylation sites (N-methyl/N-ethyl adjacent to an activating group) is 2. The van der Waals surface area contributed by atoms with Gasteiger partial charge in [-0.25, -0.2) is 10.0 Å². The van der Waals surface area contributed by atoms with E-state index in [1.807, 2.05) is 13.8 Å². The van der Waals surface area contributed by atoms with Crippen molar-refractivity contribution in [3.8, 4) is 0 Å². The Morgan fingerprint density at radius 2 is 1.42 bits per heavy atom. The third-order valence-corrected chi connectivity index (χ3v) is 2.02. The summed E-state index contributed by atoms with van der Waals surface area (Å²) in [5, 5.41) is 4.62. The van der Waals surface area contributed by atoms with Crippen LogP contribution in [0.2, 0.25) is 0 Å². The third-order valence-electron chi connectivity index (χ3n) is 2.02. The second-order valence-electron chi connectivity index (χ2n) is 2.77. The van der Waals surface area contributed by atoms with Crippen molar-refractivity contribution in [2.24, 2.45) is 5.73 Å². The summed E-state index contributed by atoms with van der Waals surface area (Å²) in [5.74, 6) is 0. The van der Waals surface area contributed by atoms with E-state index in [-0.39, 0.29) is 0 Å². The van der Waals surface area contributed by atoms with Crippen LogP contribution in [0.4, 0.5) is 0 Å². The Kier molecular flexibility index (Phi) is 6.34. The zero-order valence-corrected chi connectivity index (χ0v) is 8.88. The average molecular weight is 173 g/mol. The van der Waals surface area contributed by atoms with E-state index in [1.165, 1.54) is 0 Å². The molecule has 12 heavy (non-hydrogen) atoms. The average Bonchev–Trinajstić information content (AvgIpc) is 2.49. The number of nitrogens with two attached hydrogens (primary N) is 1. The topological polar surface area (TPSA) is 32.5 Å². The molecule has 0 aromatic carbocycles. The van der Waals surface area contributed by atoms with Gasteiger partial charge in [0.15, 0.2) is 0 Å². The van der Waals surface area contributed by atoms with Gasteiger partial charge >= 0.3 is 0 Å². The Balaban J connectivity index is 0.000000561. The van der Waals surface area contributed by atoms with Crippen molar-refractivity contribution < 1.29 is 0 Å². The third kappa shape index (κ3) is 3.09. The largest absolute Gasteiger partial charge is 0.325 e. The van der Waals surface area contributed by atoms with Gasteiger partial charge in [0.1, 0.15) is 0 Å². The van der Waals surface area contributed by atoms with E-state index in [4.69, 9.17) is 5.73 Å². The summed E-state index contributed by atoms with van der Waals surface area (Å²) in [5.41, 5.74) is 5.78. The first-order valence-electron chi connectivity index (χ1n) is 5.03. The minimum absolute atomic E-state index is 0.361. The Labute approximate surface area is 76.5 Å². The molecule has 74 valence electrons. The van der Waals surface area contributed by atoms with Crippen LogP contribution in [0.15, 0.2) is 0 Å². The standard InChI is InChI=1S/C7H17N3.C2H6/c1-3-9-5-7(8)6-10(9)4-2;1-2/h7H,3-6,8H2,1-2H3;1-2H3. The van der Waals surface area contributed by atoms with E-state index in [1.54, 1.807) is 0 Å². The monoisotopic (exact) mass is 173 g/mol. The van der Waals surface area contributed by atoms with Gasteiger partial charge in [0.2, 0.25) is 0 Å². The van der Waals surface area contributed by atoms with Gasteiger partial charge < -0.3 is 5.73 Å². The summed E-state index contributed by atoms with van der Waals surface area (Å²) in [6.45, 7) is 12.6. The number of rotatable bonds is 2. The Hall–Kier alpha value is -0.120. The van der Waals surface area contributed by atoms with E-state index >= 15 is 0 Å². The summed E-state index contributed by atoms with van der Waals surface area (Å²) < 4.78 is 0. The fourth-order valence-corrected chi connectivity index (χ4v) is 1.49. The van der Waals surface area contributed by atoms with Crippen LogP contribution in [0.25, 0.3) is 0 Å². The molecule has 1 aliphatic rings. The molecule has 3 nitrogen and oxygen atoms in total. The summed E-state index contributed by atoms with van der Waals surface area (Å²) in [6, 6.07) is 0.361. The molecular formula is C9H23N3. The van der Waals surface area contributed by atoms with Crippen LogP contribution in [0.1, 0.15) is 27.7 Å². The van der Waals surface area contributed by atoms with Gasteiger partial charge in [-0.1, -0.05) is 27.7 Å². The molecular weight excluding hydrogens is 150 g/mol. The summed E-state index contributed by atoms with van der Waals surface area (Å²) >= 11 is 0. The van der Waals surface area contributed by atoms with Gasteiger partial charge in [-0.3, -0.25) is 0 Å². The van der Waals surface area contributed by atoms with Crippen molar-refractivity contribution in [1.82, 2.24) is 10.0 Å². The zero-order valence-electron chi connectivity index (χ0n) is 8.88. The van der Waals surface area contributed by atoms with Crippen molar-refractivity contribution in [3.05, 3.63) is 0 Å². The molecule has 3 heteroatoms. The molecule has 0 aliphatic carbocycles. The maximum atomic E-state index is 5.78. The van der Waals surface area contributed by atoms with E-state index in [0.717, 1.165) is 26.2 Å². The van der Waals surface area contributed by atoms with Crippen molar-refractivity contribution in [2.75, 3.05) is 26.2 Å². The summed E-state index contributed by atoms with van der Waals surface area (Å²) in [6.07, 6.45) is 0. The van der Waals surface area contributed by atoms with Crippen molar-refractivity contribution in [3.63, 3.8) is 0 Å². The van der Waals surface area contributed by atoms with Gasteiger partial charge in [-0.05, 0) is 0 Å². The Bertz CT molecular complexity index is 93.9. The first-order chi connectivity index (χ1) is 5.77. The zero-order chi connectivity index (χ0) is 9.56. The van der Waals surface area contributed by atoms with Crippen LogP contribution in [-0.2, 0) is 0 Å². The molecule has 1 aliphatic heterocycles. The number of hydrazine groups is 1. The minimum Gasteiger partial charge on any atom is -0.325 e. The molecule has 1 heterocycles. The lowest BCUT2D eigenvalue weighted by atomic mass is 10.3. The molecule has 1 rings (SSSR count). The van der Waals surface area contributed by atoms with Gasteiger partial charge in [0.05, 0.1) is 0 Å². The normalized spacial score (nSPS) is 20.8. The van der Waals surface area contributed by atoms with E-state index in [9.17, 15) is 0 Å². The molecule has 1 fully saturated rings. The first kappa shape index (κ1) is 11.9. The first-order valence-corrected chi connectivity index (χ1v) is 5.03. The lowest BCUT2D eigenvalue weighted by molar-refractivity contribution is 0.0388. The maximum Gasteiger partial charge on any atom is 0.0325 e. The maximum absolute atomic E-state index is 5.78. The van der Waals surface area contributed by atoms with E-state index < -0.39 is 0 Å². The van der Waals surface area contributed by atoms with Crippen LogP contribution in [0, 0.1) is 0 Å². The highest BCUT2D eigenvalue weighted by atomic mass is 15.6. The fraction of sp³-hybridized carbons (Fsp3) is 1.00. The van der Waals surface area contributed by atoms with Gasteiger partial charge in [-0.2, -0.15) is 0 Å². The molecule has 0 atom stereocenters. The SMILES string of the molecule is CC.CCN1CC(N)CN1CC. The highest BCUT2D eigenvalue weighted by molar-refractivity contribution is 4.77. The van der Waals surface area contributed by atoms with E-state index in [0.29, 0.717) is 6.04 Å². The summed E-state index contributed by atoms with van der Waals surface area (Å²) in [4.78, 5) is 0. The molecule has 0 radical (unpaired) electrons. The molecule has 0 aromatic rings. The van der Waals surface area contributed by atoms with E-state index in [2.05, 4.69) is 23.9 Å². The van der Waals surface area contributed by atoms with Crippen molar-refractivity contribution >= 4 is 0 Å². The van der Waals surface area contributed by atoms with Crippen LogP contribution in [-0.4, -0.2) is 42.2 Å². The number of hydrogen-bond donors (Lipinski definition) is 1. The van der Waals surface area contributed by atoms with Crippen LogP contribution in [0.3, 0.4) is 0 Å². The molecule has 2 N–H and O–H groups in total. The van der Waals surface area contributed by atoms with Gasteiger partial charge in [-0.15, -0.1) is 0 Å². The van der Waals surface area contributed by atoms with Crippen LogP contribution in [0.5, 0.6) is 0 Å². The Morgan fingerprint density at radius 3 is 1.67 bits per heavy atom. The minimum atomic E-state index is 0.361. The number of nitrogens with zero attached hydrogens (tertiary/aromatic N) is 2. The predicted octanol–water partition coefficient (Wildman–Crippen LogP) is 0.912. The van der Waals surface area contributed by atoms with Crippen molar-refractivity contribution in [1.29, 1.82) is 0 Å². The molecule has 0 amide bonds. The molecule has 0 saturated carbocycles. The quantitative estimate of drug-likeness (QED) is 0.674. The van der Waals surface area contributed by atoms with Gasteiger partial charge in [0, 0.05) is 32.2 Å². The predicted molar refractivity (Wildman–Crippen MR) is 53.8 cm³/mol. The second-order valence-corrected chi connectivity index (χ2v) is 2.77. The smallest absolute Gasteiger partial charge is 0.0325 e. The second kappa shape index (κ2) is 6.40. The highest BCUT2D eigenvalue weighted by Crippen LogP contribution is 2.07. The van der Waals surface area contributed by atoms with Crippen LogP contribution < -0.4 is 5.73 Å². The fourth-order valence-electron chi connectivity index (χ4n) is 1.49. The summed E-state index contributed by atoms with van der Waals surface area (Å²) in [7, 11) is 0. The van der Waals surface area contributed by atoms with Gasteiger partial charge in [0.25, 0.3) is 0 Å². The molecule has 1 saturated heterocycles. The van der Waals surface area contributed by atoms with Crippen LogP contribution >= 0.6 is 0 Å². The Morgan fingerprint density at radius 1 is 1.08 bits per heavy atom. The molecule has 0 aromatic heterocycles. The van der Waals surface area contributed by atoms with Crippen molar-refractivity contribution in [2.45, 2.75) is 33.7 Å². The molecule has 0 unspecified atom stereocenters.